The van der Waals surface area contributed by atoms with Crippen molar-refractivity contribution in [2.75, 3.05) is 27.4 Å². The van der Waals surface area contributed by atoms with Crippen LogP contribution in [0.5, 0.6) is 23.0 Å². The van der Waals surface area contributed by atoms with Crippen molar-refractivity contribution in [3.05, 3.63) is 45.5 Å². The van der Waals surface area contributed by atoms with E-state index in [0.717, 1.165) is 33.4 Å². The van der Waals surface area contributed by atoms with Gasteiger partial charge in [0.25, 0.3) is 0 Å². The molecule has 2 heterocycles. The molecular weight excluding hydrogens is 584 g/mol. The van der Waals surface area contributed by atoms with Crippen LogP contribution in [0.1, 0.15) is 66.5 Å². The molecule has 2 aromatic rings. The lowest BCUT2D eigenvalue weighted by Crippen LogP contribution is -2.28. The zero-order chi connectivity index (χ0) is 33.0. The molecule has 2 unspecified atom stereocenters. The number of amides is 2. The Bertz CT molecular complexity index is 1490. The summed E-state index contributed by atoms with van der Waals surface area (Å²) in [5, 5.41) is 18.4. The van der Waals surface area contributed by atoms with Crippen molar-refractivity contribution in [2.24, 2.45) is 11.8 Å². The molecule has 0 spiro atoms. The minimum atomic E-state index is -0.996. The SMILES string of the molecule is COc1cc2c(cc1OCCCOc1c(C)c3c(c(C)c1OC)CN(C(=O)CC(C)C(=O)O)C3)CN(C(=O)CC(C)C(=O)O)C2. The van der Waals surface area contributed by atoms with E-state index in [1.165, 1.54) is 13.8 Å². The summed E-state index contributed by atoms with van der Waals surface area (Å²) < 4.78 is 23.5. The Morgan fingerprint density at radius 1 is 0.711 bits per heavy atom. The minimum absolute atomic E-state index is 0.0553. The molecule has 2 aliphatic heterocycles. The lowest BCUT2D eigenvalue weighted by atomic mass is 9.97. The standard InChI is InChI=1S/C33H42N2O10/c1-18(32(38)39)10-28(36)34-14-22-12-26(42-5)27(13-23(22)15-34)44-8-7-9-45-31-21(4)25-17-35(29(37)11-19(2)33(40)41)16-24(25)20(3)30(31)43-6/h12-13,18-19H,7-11,14-17H2,1-6H3,(H,38,39)(H,40,41). The van der Waals surface area contributed by atoms with Crippen molar-refractivity contribution in [3.63, 3.8) is 0 Å². The maximum atomic E-state index is 12.8. The fourth-order valence-corrected chi connectivity index (χ4v) is 5.76. The van der Waals surface area contributed by atoms with Crippen LogP contribution in [0, 0.1) is 25.7 Å². The van der Waals surface area contributed by atoms with Gasteiger partial charge in [-0.05, 0) is 48.2 Å². The van der Waals surface area contributed by atoms with Gasteiger partial charge in [0.15, 0.2) is 23.0 Å². The highest BCUT2D eigenvalue weighted by molar-refractivity contribution is 5.83. The number of hydrogen-bond acceptors (Lipinski definition) is 8. The molecule has 12 heteroatoms. The summed E-state index contributed by atoms with van der Waals surface area (Å²) in [6.45, 7) is 9.15. The third-order valence-corrected chi connectivity index (χ3v) is 8.57. The highest BCUT2D eigenvalue weighted by Crippen LogP contribution is 2.43. The van der Waals surface area contributed by atoms with Crippen LogP contribution in [0.4, 0.5) is 0 Å². The van der Waals surface area contributed by atoms with Gasteiger partial charge in [0.2, 0.25) is 11.8 Å². The molecule has 0 fully saturated rings. The summed E-state index contributed by atoms with van der Waals surface area (Å²) >= 11 is 0. The first-order valence-corrected chi connectivity index (χ1v) is 15.0. The Labute approximate surface area is 262 Å². The van der Waals surface area contributed by atoms with E-state index in [2.05, 4.69) is 0 Å². The molecule has 4 rings (SSSR count). The van der Waals surface area contributed by atoms with Crippen LogP contribution in [-0.4, -0.2) is 71.2 Å². The Balaban J connectivity index is 1.36. The smallest absolute Gasteiger partial charge is 0.306 e. The monoisotopic (exact) mass is 626 g/mol. The molecule has 0 saturated heterocycles. The second kappa shape index (κ2) is 14.1. The Morgan fingerprint density at radius 3 is 1.67 bits per heavy atom. The molecule has 2 N–H and O–H groups in total. The van der Waals surface area contributed by atoms with Gasteiger partial charge in [-0.1, -0.05) is 13.8 Å². The second-order valence-electron chi connectivity index (χ2n) is 11.8. The van der Waals surface area contributed by atoms with Gasteiger partial charge in [0.05, 0.1) is 39.3 Å². The molecule has 12 nitrogen and oxygen atoms in total. The van der Waals surface area contributed by atoms with Crippen LogP contribution in [0.15, 0.2) is 12.1 Å². The number of fused-ring (bicyclic) bond motifs is 2. The number of nitrogens with zero attached hydrogens (tertiary/aromatic N) is 2. The number of methoxy groups -OCH3 is 2. The lowest BCUT2D eigenvalue weighted by molar-refractivity contribution is -0.145. The molecule has 0 radical (unpaired) electrons. The average molecular weight is 627 g/mol. The summed E-state index contributed by atoms with van der Waals surface area (Å²) in [4.78, 5) is 51.2. The first-order chi connectivity index (χ1) is 21.4. The summed E-state index contributed by atoms with van der Waals surface area (Å²) in [6, 6.07) is 3.72. The summed E-state index contributed by atoms with van der Waals surface area (Å²) in [6.07, 6.45) is 0.438. The predicted molar refractivity (Wildman–Crippen MR) is 162 cm³/mol. The number of ether oxygens (including phenoxy) is 4. The van der Waals surface area contributed by atoms with E-state index in [-0.39, 0.29) is 24.7 Å². The normalized spacial score (nSPS) is 14.8. The first-order valence-electron chi connectivity index (χ1n) is 15.0. The number of carboxylic acids is 2. The van der Waals surface area contributed by atoms with Crippen molar-refractivity contribution in [1.82, 2.24) is 9.80 Å². The van der Waals surface area contributed by atoms with Crippen molar-refractivity contribution >= 4 is 23.8 Å². The van der Waals surface area contributed by atoms with Crippen molar-refractivity contribution in [2.45, 2.75) is 73.1 Å². The number of rotatable bonds is 14. The number of benzene rings is 2. The summed E-state index contributed by atoms with van der Waals surface area (Å²) in [5.74, 6) is -1.59. The molecule has 0 saturated carbocycles. The molecule has 45 heavy (non-hydrogen) atoms. The van der Waals surface area contributed by atoms with Crippen LogP contribution < -0.4 is 18.9 Å². The van der Waals surface area contributed by atoms with E-state index in [0.29, 0.717) is 68.8 Å². The van der Waals surface area contributed by atoms with E-state index in [9.17, 15) is 24.3 Å². The minimum Gasteiger partial charge on any atom is -0.493 e. The molecular formula is C33H42N2O10. The van der Waals surface area contributed by atoms with Gasteiger partial charge in [-0.25, -0.2) is 0 Å². The number of carbonyl (C=O) groups is 4. The number of carbonyl (C=O) groups excluding carboxylic acids is 2. The van der Waals surface area contributed by atoms with Gasteiger partial charge in [-0.3, -0.25) is 19.2 Å². The first kappa shape index (κ1) is 33.4. The van der Waals surface area contributed by atoms with Crippen molar-refractivity contribution in [3.8, 4) is 23.0 Å². The second-order valence-corrected chi connectivity index (χ2v) is 11.8. The van der Waals surface area contributed by atoms with Gasteiger partial charge in [-0.15, -0.1) is 0 Å². The zero-order valence-electron chi connectivity index (χ0n) is 26.7. The van der Waals surface area contributed by atoms with Crippen LogP contribution in [0.25, 0.3) is 0 Å². The van der Waals surface area contributed by atoms with E-state index in [1.54, 1.807) is 24.0 Å². The molecule has 0 aliphatic carbocycles. The van der Waals surface area contributed by atoms with Crippen LogP contribution in [0.2, 0.25) is 0 Å². The van der Waals surface area contributed by atoms with Crippen LogP contribution in [0.3, 0.4) is 0 Å². The van der Waals surface area contributed by atoms with Gasteiger partial charge in [0.1, 0.15) is 0 Å². The number of hydrogen-bond donors (Lipinski definition) is 2. The summed E-state index contributed by atoms with van der Waals surface area (Å²) in [5.41, 5.74) is 5.62. The molecule has 2 atom stereocenters. The van der Waals surface area contributed by atoms with E-state index >= 15 is 0 Å². The largest absolute Gasteiger partial charge is 0.493 e. The fourth-order valence-electron chi connectivity index (χ4n) is 5.76. The van der Waals surface area contributed by atoms with Crippen LogP contribution >= 0.6 is 0 Å². The molecule has 244 valence electrons. The molecule has 2 aliphatic rings. The van der Waals surface area contributed by atoms with Gasteiger partial charge >= 0.3 is 11.9 Å². The highest BCUT2D eigenvalue weighted by Gasteiger charge is 2.32. The zero-order valence-corrected chi connectivity index (χ0v) is 26.7. The highest BCUT2D eigenvalue weighted by atomic mass is 16.5. The molecule has 2 amide bonds. The molecule has 2 aromatic carbocycles. The molecule has 0 bridgehead atoms. The van der Waals surface area contributed by atoms with Crippen molar-refractivity contribution < 1.29 is 48.3 Å². The number of aliphatic carboxylic acids is 2. The molecule has 0 aromatic heterocycles. The van der Waals surface area contributed by atoms with E-state index in [4.69, 9.17) is 24.1 Å². The van der Waals surface area contributed by atoms with Gasteiger partial charge in [-0.2, -0.15) is 0 Å². The lowest BCUT2D eigenvalue weighted by Gasteiger charge is -2.19. The third-order valence-electron chi connectivity index (χ3n) is 8.57. The van der Waals surface area contributed by atoms with Gasteiger partial charge in [0, 0.05) is 56.6 Å². The average Bonchev–Trinajstić information content (AvgIpc) is 3.64. The maximum Gasteiger partial charge on any atom is 0.306 e. The van der Waals surface area contributed by atoms with E-state index in [1.807, 2.05) is 26.0 Å². The van der Waals surface area contributed by atoms with E-state index < -0.39 is 23.8 Å². The Morgan fingerprint density at radius 2 is 1.18 bits per heavy atom. The topological polar surface area (TPSA) is 152 Å². The summed E-state index contributed by atoms with van der Waals surface area (Å²) in [7, 11) is 3.13. The maximum absolute atomic E-state index is 12.8. The fraction of sp³-hybridized carbons (Fsp3) is 0.515. The number of carboxylic acid groups (broad SMARTS) is 2. The predicted octanol–water partition coefficient (Wildman–Crippen LogP) is 4.07. The Hall–Kier alpha value is -4.48. The quantitative estimate of drug-likeness (QED) is 0.294. The Kier molecular flexibility index (Phi) is 10.5. The van der Waals surface area contributed by atoms with Gasteiger partial charge < -0.3 is 39.0 Å². The third kappa shape index (κ3) is 7.26. The van der Waals surface area contributed by atoms with Crippen LogP contribution in [-0.2, 0) is 45.4 Å². The van der Waals surface area contributed by atoms with Crippen molar-refractivity contribution in [1.29, 1.82) is 0 Å².